The number of piperazine rings is 1. The number of aromatic nitrogens is 1. The number of carbonyl (C=O) groups excluding carboxylic acids is 3. The van der Waals surface area contributed by atoms with Crippen LogP contribution in [0.4, 0.5) is 19.4 Å². The van der Waals surface area contributed by atoms with E-state index in [-0.39, 0.29) is 48.5 Å². The molecule has 0 unspecified atom stereocenters. The van der Waals surface area contributed by atoms with Crippen LogP contribution in [0.2, 0.25) is 5.02 Å². The monoisotopic (exact) mass is 604 g/mol. The lowest BCUT2D eigenvalue weighted by atomic mass is 10.1. The quantitative estimate of drug-likeness (QED) is 0.281. The summed E-state index contributed by atoms with van der Waals surface area (Å²) in [6.45, 7) is 3.57. The van der Waals surface area contributed by atoms with Gasteiger partial charge in [-0.1, -0.05) is 41.0 Å². The Bertz CT molecular complexity index is 1400. The zero-order chi connectivity index (χ0) is 30.1. The van der Waals surface area contributed by atoms with E-state index in [1.165, 1.54) is 48.3 Å². The highest BCUT2D eigenvalue weighted by Crippen LogP contribution is 2.23. The minimum absolute atomic E-state index is 0.00636. The van der Waals surface area contributed by atoms with E-state index in [4.69, 9.17) is 20.9 Å². The zero-order valence-corrected chi connectivity index (χ0v) is 23.6. The fourth-order valence-electron chi connectivity index (χ4n) is 4.43. The smallest absolute Gasteiger partial charge is 0.412 e. The summed E-state index contributed by atoms with van der Waals surface area (Å²) in [7, 11) is 0. The number of nitrogens with zero attached hydrogens (tertiary/aromatic N) is 3. The lowest BCUT2D eigenvalue weighted by Crippen LogP contribution is -2.51. The first kappa shape index (κ1) is 30.9. The summed E-state index contributed by atoms with van der Waals surface area (Å²) in [5.74, 6) is -1.29. The summed E-state index contributed by atoms with van der Waals surface area (Å²) < 4.78 is 38.1. The standard InChI is InChI=1S/C28H31ClF2N6O5/c1-18(38)37(33-16-20-5-3-7-23(31)27(20)29)22(8-9-26(39)36-12-10-32-11-13-36)17-41-28(40)34-25-15-24(42-35-25)19-4-2-6-21(30)14-19/h2-7,14-15,22,32-33H,8-13,16-17H2,1H3,(H,34,35,40)/t22-/m0/s1. The van der Waals surface area contributed by atoms with Gasteiger partial charge in [-0.15, -0.1) is 0 Å². The average Bonchev–Trinajstić information content (AvgIpc) is 3.44. The van der Waals surface area contributed by atoms with E-state index in [1.807, 2.05) is 0 Å². The number of amides is 3. The average molecular weight is 605 g/mol. The van der Waals surface area contributed by atoms with Crippen molar-refractivity contribution in [2.24, 2.45) is 0 Å². The maximum absolute atomic E-state index is 13.9. The Labute approximate surface area is 246 Å². The van der Waals surface area contributed by atoms with Crippen LogP contribution in [0.25, 0.3) is 11.3 Å². The maximum Gasteiger partial charge on any atom is 0.412 e. The van der Waals surface area contributed by atoms with Crippen molar-refractivity contribution in [3.63, 3.8) is 0 Å². The van der Waals surface area contributed by atoms with Crippen LogP contribution in [-0.4, -0.2) is 71.8 Å². The Morgan fingerprint density at radius 1 is 1.17 bits per heavy atom. The molecular weight excluding hydrogens is 574 g/mol. The summed E-state index contributed by atoms with van der Waals surface area (Å²) in [6, 6.07) is 10.7. The second-order valence-electron chi connectivity index (χ2n) is 9.57. The first-order chi connectivity index (χ1) is 20.2. The minimum Gasteiger partial charge on any atom is -0.447 e. The van der Waals surface area contributed by atoms with E-state index in [2.05, 4.69) is 21.2 Å². The number of carbonyl (C=O) groups is 3. The Balaban J connectivity index is 1.41. The van der Waals surface area contributed by atoms with Gasteiger partial charge < -0.3 is 19.5 Å². The normalized spacial score (nSPS) is 13.9. The van der Waals surface area contributed by atoms with Crippen LogP contribution in [0.5, 0.6) is 0 Å². The van der Waals surface area contributed by atoms with Gasteiger partial charge in [-0.3, -0.25) is 19.9 Å². The highest BCUT2D eigenvalue weighted by atomic mass is 35.5. The molecule has 1 saturated heterocycles. The molecule has 1 atom stereocenters. The fraction of sp³-hybridized carbons (Fsp3) is 0.357. The van der Waals surface area contributed by atoms with Crippen molar-refractivity contribution in [1.29, 1.82) is 0 Å². The van der Waals surface area contributed by atoms with Crippen molar-refractivity contribution in [1.82, 2.24) is 25.8 Å². The van der Waals surface area contributed by atoms with E-state index in [9.17, 15) is 23.2 Å². The Morgan fingerprint density at radius 3 is 2.67 bits per heavy atom. The van der Waals surface area contributed by atoms with Crippen molar-refractivity contribution in [2.75, 3.05) is 38.1 Å². The van der Waals surface area contributed by atoms with Crippen LogP contribution in [0.3, 0.4) is 0 Å². The van der Waals surface area contributed by atoms with Gasteiger partial charge in [0.1, 0.15) is 18.2 Å². The van der Waals surface area contributed by atoms with Crippen molar-refractivity contribution in [3.05, 3.63) is 70.8 Å². The number of nitrogens with one attached hydrogen (secondary N) is 3. The van der Waals surface area contributed by atoms with Gasteiger partial charge in [0, 0.05) is 57.7 Å². The molecule has 1 aromatic heterocycles. The molecule has 0 aliphatic carbocycles. The van der Waals surface area contributed by atoms with Crippen molar-refractivity contribution < 1.29 is 32.4 Å². The summed E-state index contributed by atoms with van der Waals surface area (Å²) >= 11 is 6.07. The van der Waals surface area contributed by atoms with E-state index in [0.717, 1.165) is 0 Å². The molecule has 4 rings (SSSR count). The molecule has 1 aliphatic heterocycles. The number of ether oxygens (including phenoxy) is 1. The van der Waals surface area contributed by atoms with Gasteiger partial charge in [-0.2, -0.15) is 0 Å². The maximum atomic E-state index is 13.9. The molecule has 42 heavy (non-hydrogen) atoms. The van der Waals surface area contributed by atoms with Gasteiger partial charge >= 0.3 is 6.09 Å². The van der Waals surface area contributed by atoms with Crippen LogP contribution in [0.15, 0.2) is 53.1 Å². The van der Waals surface area contributed by atoms with Gasteiger partial charge in [0.2, 0.25) is 11.8 Å². The third kappa shape index (κ3) is 8.47. The van der Waals surface area contributed by atoms with Crippen molar-refractivity contribution in [3.8, 4) is 11.3 Å². The molecule has 0 spiro atoms. The largest absolute Gasteiger partial charge is 0.447 e. The molecule has 3 aromatic rings. The van der Waals surface area contributed by atoms with E-state index >= 15 is 0 Å². The summed E-state index contributed by atoms with van der Waals surface area (Å²) in [5.41, 5.74) is 3.78. The van der Waals surface area contributed by atoms with E-state index < -0.39 is 29.7 Å². The second kappa shape index (κ2) is 14.7. The zero-order valence-electron chi connectivity index (χ0n) is 22.9. The topological polar surface area (TPSA) is 129 Å². The van der Waals surface area contributed by atoms with Crippen LogP contribution in [0, 0.1) is 11.6 Å². The SMILES string of the molecule is CC(=O)N(NCc1cccc(F)c1Cl)[C@@H](CCC(=O)N1CCNCC1)COC(=O)Nc1cc(-c2cccc(F)c2)on1. The minimum atomic E-state index is -0.885. The van der Waals surface area contributed by atoms with Gasteiger partial charge in [0.15, 0.2) is 11.6 Å². The summed E-state index contributed by atoms with van der Waals surface area (Å²) in [6.07, 6.45) is -0.612. The highest BCUT2D eigenvalue weighted by Gasteiger charge is 2.26. The Hall–Kier alpha value is -4.07. The molecule has 224 valence electrons. The third-order valence-corrected chi connectivity index (χ3v) is 7.02. The molecule has 3 amide bonds. The number of rotatable bonds is 11. The van der Waals surface area contributed by atoms with Gasteiger partial charge in [0.05, 0.1) is 11.1 Å². The fourth-order valence-corrected chi connectivity index (χ4v) is 4.62. The molecule has 0 saturated carbocycles. The number of hydrogen-bond acceptors (Lipinski definition) is 8. The van der Waals surface area contributed by atoms with Gasteiger partial charge in [-0.05, 0) is 30.2 Å². The third-order valence-electron chi connectivity index (χ3n) is 6.59. The lowest BCUT2D eigenvalue weighted by molar-refractivity contribution is -0.138. The van der Waals surface area contributed by atoms with Crippen LogP contribution in [-0.2, 0) is 20.9 Å². The first-order valence-corrected chi connectivity index (χ1v) is 13.7. The number of anilines is 1. The van der Waals surface area contributed by atoms with Crippen LogP contribution < -0.4 is 16.1 Å². The molecule has 1 aliphatic rings. The first-order valence-electron chi connectivity index (χ1n) is 13.3. The van der Waals surface area contributed by atoms with Gasteiger partial charge in [-0.25, -0.2) is 19.0 Å². The number of benzene rings is 2. The molecular formula is C28H31ClF2N6O5. The lowest BCUT2D eigenvalue weighted by Gasteiger charge is -2.32. The highest BCUT2D eigenvalue weighted by molar-refractivity contribution is 6.31. The molecule has 3 N–H and O–H groups in total. The van der Waals surface area contributed by atoms with Gasteiger partial charge in [0.25, 0.3) is 0 Å². The van der Waals surface area contributed by atoms with E-state index in [0.29, 0.717) is 37.3 Å². The Kier molecular flexibility index (Phi) is 10.8. The molecule has 2 aromatic carbocycles. The van der Waals surface area contributed by atoms with Crippen LogP contribution >= 0.6 is 11.6 Å². The Morgan fingerprint density at radius 2 is 1.93 bits per heavy atom. The van der Waals surface area contributed by atoms with E-state index in [1.54, 1.807) is 17.0 Å². The second-order valence-corrected chi connectivity index (χ2v) is 9.95. The summed E-state index contributed by atoms with van der Waals surface area (Å²) in [4.78, 5) is 39.8. The molecule has 1 fully saturated rings. The molecule has 0 radical (unpaired) electrons. The van der Waals surface area contributed by atoms with Crippen molar-refractivity contribution in [2.45, 2.75) is 32.4 Å². The molecule has 14 heteroatoms. The number of hydrazine groups is 1. The number of hydrogen-bond donors (Lipinski definition) is 3. The number of halogens is 3. The predicted octanol–water partition coefficient (Wildman–Crippen LogP) is 3.96. The molecule has 11 nitrogen and oxygen atoms in total. The summed E-state index contributed by atoms with van der Waals surface area (Å²) in [5, 5.41) is 10.5. The van der Waals surface area contributed by atoms with Crippen molar-refractivity contribution >= 4 is 35.3 Å². The predicted molar refractivity (Wildman–Crippen MR) is 150 cm³/mol. The molecule has 2 heterocycles. The molecule has 0 bridgehead atoms. The van der Waals surface area contributed by atoms with Crippen LogP contribution in [0.1, 0.15) is 25.3 Å².